The zero-order valence-corrected chi connectivity index (χ0v) is 12.7. The molecule has 0 fully saturated rings. The molecule has 2 nitrogen and oxygen atoms in total. The third-order valence-corrected chi connectivity index (χ3v) is 5.26. The molecule has 0 amide bonds. The van der Waals surface area contributed by atoms with Crippen LogP contribution in [0.4, 0.5) is 0 Å². The molecule has 0 bridgehead atoms. The van der Waals surface area contributed by atoms with E-state index in [1.807, 2.05) is 12.1 Å². The first-order valence-corrected chi connectivity index (χ1v) is 7.87. The predicted octanol–water partition coefficient (Wildman–Crippen LogP) is 4.18. The number of hydrogen-bond acceptors (Lipinski definition) is 2. The van der Waals surface area contributed by atoms with E-state index in [4.69, 9.17) is 0 Å². The van der Waals surface area contributed by atoms with Crippen molar-refractivity contribution in [1.82, 2.24) is 0 Å². The third kappa shape index (κ3) is 1.55. The molecule has 2 N–H and O–H groups in total. The van der Waals surface area contributed by atoms with Crippen molar-refractivity contribution >= 4 is 38.4 Å². The van der Waals surface area contributed by atoms with Crippen LogP contribution in [0.1, 0.15) is 18.1 Å². The van der Waals surface area contributed by atoms with Crippen molar-refractivity contribution in [2.24, 2.45) is 0 Å². The van der Waals surface area contributed by atoms with Crippen molar-refractivity contribution in [2.45, 2.75) is 18.6 Å². The summed E-state index contributed by atoms with van der Waals surface area (Å²) in [5.41, 5.74) is 0.526. The standard InChI is InChI=1S/C21H16O2/c1-21(23)17-11-14-6-5-12-3-2-4-13-7-8-16(20(14)19(12)13)15(17)9-10-18(21)22/h2-11,18,22-23H,1H3/t18-,21-/m1/s1. The van der Waals surface area contributed by atoms with E-state index in [9.17, 15) is 10.2 Å². The predicted molar refractivity (Wildman–Crippen MR) is 94.8 cm³/mol. The van der Waals surface area contributed by atoms with Gasteiger partial charge in [-0.15, -0.1) is 0 Å². The van der Waals surface area contributed by atoms with E-state index in [0.29, 0.717) is 0 Å². The molecule has 0 spiro atoms. The zero-order chi connectivity index (χ0) is 15.8. The van der Waals surface area contributed by atoms with E-state index in [0.717, 1.165) is 21.9 Å². The lowest BCUT2D eigenvalue weighted by Crippen LogP contribution is -2.37. The lowest BCUT2D eigenvalue weighted by molar-refractivity contribution is -0.0434. The molecule has 23 heavy (non-hydrogen) atoms. The van der Waals surface area contributed by atoms with Gasteiger partial charge in [0.05, 0.1) is 0 Å². The molecule has 0 heterocycles. The summed E-state index contributed by atoms with van der Waals surface area (Å²) in [6.45, 7) is 1.68. The van der Waals surface area contributed by atoms with Gasteiger partial charge in [0.1, 0.15) is 11.7 Å². The Labute approximate surface area is 133 Å². The van der Waals surface area contributed by atoms with Crippen LogP contribution in [0.25, 0.3) is 38.4 Å². The Morgan fingerprint density at radius 3 is 2.39 bits per heavy atom. The Morgan fingerprint density at radius 1 is 0.913 bits per heavy atom. The van der Waals surface area contributed by atoms with Gasteiger partial charge in [0.15, 0.2) is 0 Å². The summed E-state index contributed by atoms with van der Waals surface area (Å²) in [5.74, 6) is 0. The third-order valence-electron chi connectivity index (χ3n) is 5.26. The quantitative estimate of drug-likeness (QED) is 0.478. The van der Waals surface area contributed by atoms with Crippen LogP contribution < -0.4 is 0 Å². The summed E-state index contributed by atoms with van der Waals surface area (Å²) >= 11 is 0. The summed E-state index contributed by atoms with van der Waals surface area (Å²) in [5, 5.41) is 28.1. The number of hydrogen-bond donors (Lipinski definition) is 2. The number of aliphatic hydroxyl groups excluding tert-OH is 1. The second-order valence-electron chi connectivity index (χ2n) is 6.65. The fourth-order valence-electron chi connectivity index (χ4n) is 3.96. The average molecular weight is 300 g/mol. The Bertz CT molecular complexity index is 1090. The van der Waals surface area contributed by atoms with Crippen molar-refractivity contribution in [3.63, 3.8) is 0 Å². The van der Waals surface area contributed by atoms with Gasteiger partial charge in [0, 0.05) is 0 Å². The Kier molecular flexibility index (Phi) is 2.33. The van der Waals surface area contributed by atoms with Gasteiger partial charge < -0.3 is 10.2 Å². The molecule has 0 unspecified atom stereocenters. The van der Waals surface area contributed by atoms with Crippen LogP contribution in [0.3, 0.4) is 0 Å². The SMILES string of the molecule is C[C@@]1(O)c2cc3ccc4cccc5ccc(c2C=C[C@H]1O)c3c45. The minimum Gasteiger partial charge on any atom is -0.386 e. The van der Waals surface area contributed by atoms with Crippen molar-refractivity contribution in [2.75, 3.05) is 0 Å². The highest BCUT2D eigenvalue weighted by molar-refractivity contribution is 6.24. The van der Waals surface area contributed by atoms with Crippen LogP contribution in [0, 0.1) is 0 Å². The molecular weight excluding hydrogens is 284 g/mol. The molecule has 1 aliphatic rings. The highest BCUT2D eigenvalue weighted by atomic mass is 16.3. The molecule has 4 aromatic carbocycles. The molecule has 1 aliphatic carbocycles. The monoisotopic (exact) mass is 300 g/mol. The zero-order valence-electron chi connectivity index (χ0n) is 12.7. The van der Waals surface area contributed by atoms with Crippen LogP contribution in [-0.2, 0) is 5.60 Å². The minimum atomic E-state index is -1.27. The maximum absolute atomic E-state index is 10.8. The molecule has 112 valence electrons. The fourth-order valence-corrected chi connectivity index (χ4v) is 3.96. The summed E-state index contributed by atoms with van der Waals surface area (Å²) in [6, 6.07) is 16.9. The summed E-state index contributed by atoms with van der Waals surface area (Å²) < 4.78 is 0. The number of benzene rings is 4. The molecule has 0 saturated heterocycles. The summed E-state index contributed by atoms with van der Waals surface area (Å²) in [7, 11) is 0. The first-order valence-electron chi connectivity index (χ1n) is 7.87. The fraction of sp³-hybridized carbons (Fsp3) is 0.143. The van der Waals surface area contributed by atoms with Gasteiger partial charge in [-0.3, -0.25) is 0 Å². The Morgan fingerprint density at radius 2 is 1.61 bits per heavy atom. The van der Waals surface area contributed by atoms with Crippen molar-refractivity contribution in [1.29, 1.82) is 0 Å². The molecule has 0 aromatic heterocycles. The van der Waals surface area contributed by atoms with Crippen LogP contribution in [0.5, 0.6) is 0 Å². The van der Waals surface area contributed by atoms with E-state index >= 15 is 0 Å². The molecule has 0 aliphatic heterocycles. The minimum absolute atomic E-state index is 0.790. The largest absolute Gasteiger partial charge is 0.386 e. The number of aliphatic hydroxyl groups is 2. The molecule has 5 rings (SSSR count). The lowest BCUT2D eigenvalue weighted by atomic mass is 9.78. The van der Waals surface area contributed by atoms with Crippen molar-refractivity contribution in [3.05, 3.63) is 65.7 Å². The Hall–Kier alpha value is -2.42. The smallest absolute Gasteiger partial charge is 0.117 e. The summed E-state index contributed by atoms with van der Waals surface area (Å²) in [6.07, 6.45) is 2.73. The second-order valence-corrected chi connectivity index (χ2v) is 6.65. The van der Waals surface area contributed by atoms with Crippen LogP contribution in [0.15, 0.2) is 54.6 Å². The highest BCUT2D eigenvalue weighted by Crippen LogP contribution is 2.43. The van der Waals surface area contributed by atoms with E-state index < -0.39 is 11.7 Å². The van der Waals surface area contributed by atoms with Gasteiger partial charge in [0.2, 0.25) is 0 Å². The van der Waals surface area contributed by atoms with E-state index in [2.05, 4.69) is 42.5 Å². The lowest BCUT2D eigenvalue weighted by Gasteiger charge is -2.33. The molecular formula is C21H16O2. The maximum atomic E-state index is 10.8. The van der Waals surface area contributed by atoms with Gasteiger partial charge in [-0.2, -0.15) is 0 Å². The van der Waals surface area contributed by atoms with Crippen LogP contribution in [0.2, 0.25) is 0 Å². The van der Waals surface area contributed by atoms with Crippen LogP contribution >= 0.6 is 0 Å². The van der Waals surface area contributed by atoms with Crippen LogP contribution in [-0.4, -0.2) is 16.3 Å². The average Bonchev–Trinajstić information content (AvgIpc) is 2.56. The molecule has 0 saturated carbocycles. The summed E-state index contributed by atoms with van der Waals surface area (Å²) in [4.78, 5) is 0. The molecule has 4 aromatic rings. The topological polar surface area (TPSA) is 40.5 Å². The van der Waals surface area contributed by atoms with E-state index in [-0.39, 0.29) is 0 Å². The second kappa shape index (κ2) is 4.10. The van der Waals surface area contributed by atoms with Gasteiger partial charge in [-0.1, -0.05) is 54.6 Å². The highest BCUT2D eigenvalue weighted by Gasteiger charge is 2.36. The first-order chi connectivity index (χ1) is 11.1. The van der Waals surface area contributed by atoms with Gasteiger partial charge in [0.25, 0.3) is 0 Å². The molecule has 2 heteroatoms. The normalized spacial score (nSPS) is 23.9. The molecule has 2 atom stereocenters. The van der Waals surface area contributed by atoms with Crippen molar-refractivity contribution in [3.8, 4) is 0 Å². The first kappa shape index (κ1) is 13.1. The van der Waals surface area contributed by atoms with Crippen molar-refractivity contribution < 1.29 is 10.2 Å². The van der Waals surface area contributed by atoms with E-state index in [1.54, 1.807) is 13.0 Å². The van der Waals surface area contributed by atoms with Gasteiger partial charge in [-0.25, -0.2) is 0 Å². The van der Waals surface area contributed by atoms with E-state index in [1.165, 1.54) is 21.5 Å². The Balaban J connectivity index is 2.05. The van der Waals surface area contributed by atoms with Gasteiger partial charge >= 0.3 is 0 Å². The number of rotatable bonds is 0. The maximum Gasteiger partial charge on any atom is 0.117 e. The number of fused-ring (bicyclic) bond motifs is 2. The molecule has 0 radical (unpaired) electrons. The van der Waals surface area contributed by atoms with Gasteiger partial charge in [-0.05, 0) is 56.4 Å².